The van der Waals surface area contributed by atoms with Crippen molar-refractivity contribution in [3.8, 4) is 5.75 Å². The number of amides is 1. The maximum Gasteiger partial charge on any atom is 0.287 e. The highest BCUT2D eigenvalue weighted by Gasteiger charge is 2.15. The topological polar surface area (TPSA) is 83.7 Å². The molecule has 0 bridgehead atoms. The standard InChI is InChI=1S/C19H17FN2O4S/c1-11-2-7-15(20)17-14(11)10-16(26-17)18(23)21-8-9-25-13-5-3-12(4-6-13)19(27)22-24/h2-7,10,24H,8-9H2,1H3,(H,21,23)(H,22,27). The summed E-state index contributed by atoms with van der Waals surface area (Å²) in [6.45, 7) is 2.30. The fraction of sp³-hybridized carbons (Fsp3) is 0.158. The largest absolute Gasteiger partial charge is 0.492 e. The first-order valence-electron chi connectivity index (χ1n) is 8.13. The number of carbonyl (C=O) groups is 1. The molecule has 1 aromatic heterocycles. The third-order valence-corrected chi connectivity index (χ3v) is 4.28. The predicted molar refractivity (Wildman–Crippen MR) is 102 cm³/mol. The number of thiocarbonyl (C=S) groups is 1. The van der Waals surface area contributed by atoms with Crippen molar-refractivity contribution in [3.63, 3.8) is 0 Å². The molecule has 0 saturated heterocycles. The van der Waals surface area contributed by atoms with Crippen molar-refractivity contribution in [2.75, 3.05) is 13.2 Å². The van der Waals surface area contributed by atoms with Gasteiger partial charge >= 0.3 is 0 Å². The van der Waals surface area contributed by atoms with E-state index in [1.165, 1.54) is 12.1 Å². The van der Waals surface area contributed by atoms with Gasteiger partial charge in [-0.25, -0.2) is 4.39 Å². The molecule has 6 nitrogen and oxygen atoms in total. The summed E-state index contributed by atoms with van der Waals surface area (Å²) >= 11 is 4.90. The number of carbonyl (C=O) groups excluding carboxylic acids is 1. The van der Waals surface area contributed by atoms with Crippen molar-refractivity contribution >= 4 is 34.1 Å². The molecule has 3 N–H and O–H groups in total. The molecule has 140 valence electrons. The number of nitrogens with one attached hydrogen (secondary N) is 2. The van der Waals surface area contributed by atoms with Gasteiger partial charge in [-0.2, -0.15) is 0 Å². The van der Waals surface area contributed by atoms with Gasteiger partial charge < -0.3 is 14.5 Å². The third kappa shape index (κ3) is 4.24. The van der Waals surface area contributed by atoms with E-state index in [1.54, 1.807) is 30.3 Å². The molecule has 0 saturated carbocycles. The second kappa shape index (κ2) is 8.15. The van der Waals surface area contributed by atoms with Crippen LogP contribution in [-0.4, -0.2) is 29.3 Å². The smallest absolute Gasteiger partial charge is 0.287 e. The predicted octanol–water partition coefficient (Wildman–Crippen LogP) is 3.34. The summed E-state index contributed by atoms with van der Waals surface area (Å²) in [6.07, 6.45) is 0. The van der Waals surface area contributed by atoms with E-state index < -0.39 is 11.7 Å². The van der Waals surface area contributed by atoms with Gasteiger partial charge in [0.2, 0.25) is 0 Å². The zero-order valence-corrected chi connectivity index (χ0v) is 15.2. The first kappa shape index (κ1) is 18.8. The molecule has 3 rings (SSSR count). The van der Waals surface area contributed by atoms with Gasteiger partial charge in [0.1, 0.15) is 17.3 Å². The van der Waals surface area contributed by atoms with Crippen molar-refractivity contribution in [1.29, 1.82) is 0 Å². The van der Waals surface area contributed by atoms with Crippen LogP contribution in [0.2, 0.25) is 0 Å². The average molecular weight is 388 g/mol. The lowest BCUT2D eigenvalue weighted by Crippen LogP contribution is -2.27. The maximum absolute atomic E-state index is 13.8. The fourth-order valence-electron chi connectivity index (χ4n) is 2.52. The number of benzene rings is 2. The summed E-state index contributed by atoms with van der Waals surface area (Å²) in [5.41, 5.74) is 3.47. The molecule has 0 aliphatic heterocycles. The highest BCUT2D eigenvalue weighted by molar-refractivity contribution is 7.80. The Balaban J connectivity index is 1.53. The Kier molecular flexibility index (Phi) is 5.68. The van der Waals surface area contributed by atoms with Crippen LogP contribution in [-0.2, 0) is 0 Å². The number of ether oxygens (including phenoxy) is 1. The van der Waals surface area contributed by atoms with E-state index in [9.17, 15) is 9.18 Å². The van der Waals surface area contributed by atoms with E-state index in [1.807, 2.05) is 12.4 Å². The van der Waals surface area contributed by atoms with E-state index in [-0.39, 0.29) is 29.5 Å². The highest BCUT2D eigenvalue weighted by atomic mass is 32.1. The van der Waals surface area contributed by atoms with Gasteiger partial charge in [0.25, 0.3) is 5.91 Å². The SMILES string of the molecule is Cc1ccc(F)c2oc(C(=O)NCCOc3ccc(C(=S)NO)cc3)cc12. The minimum Gasteiger partial charge on any atom is -0.492 e. The Hall–Kier alpha value is -2.97. The molecular weight excluding hydrogens is 371 g/mol. The highest BCUT2D eigenvalue weighted by Crippen LogP contribution is 2.25. The van der Waals surface area contributed by atoms with Gasteiger partial charge in [0, 0.05) is 10.9 Å². The number of hydrogen-bond donors (Lipinski definition) is 3. The molecule has 0 radical (unpaired) electrons. The van der Waals surface area contributed by atoms with E-state index in [4.69, 9.17) is 26.6 Å². The number of rotatable bonds is 6. The van der Waals surface area contributed by atoms with Crippen molar-refractivity contribution in [1.82, 2.24) is 10.8 Å². The van der Waals surface area contributed by atoms with E-state index in [0.29, 0.717) is 16.7 Å². The Morgan fingerprint density at radius 2 is 2.00 bits per heavy atom. The molecule has 3 aromatic rings. The first-order valence-corrected chi connectivity index (χ1v) is 8.54. The molecule has 0 aliphatic carbocycles. The molecule has 2 aromatic carbocycles. The molecule has 0 unspecified atom stereocenters. The summed E-state index contributed by atoms with van der Waals surface area (Å²) in [5.74, 6) is -0.302. The lowest BCUT2D eigenvalue weighted by atomic mass is 10.1. The van der Waals surface area contributed by atoms with Crippen LogP contribution >= 0.6 is 12.2 Å². The van der Waals surface area contributed by atoms with Crippen LogP contribution in [0.15, 0.2) is 46.9 Å². The summed E-state index contributed by atoms with van der Waals surface area (Å²) < 4.78 is 24.6. The maximum atomic E-state index is 13.8. The Labute approximate surface area is 159 Å². The van der Waals surface area contributed by atoms with Crippen LogP contribution in [0.4, 0.5) is 4.39 Å². The zero-order valence-electron chi connectivity index (χ0n) is 14.4. The van der Waals surface area contributed by atoms with Crippen LogP contribution in [0, 0.1) is 12.7 Å². The van der Waals surface area contributed by atoms with Crippen LogP contribution in [0.25, 0.3) is 11.0 Å². The molecule has 1 heterocycles. The lowest BCUT2D eigenvalue weighted by molar-refractivity contribution is 0.0921. The molecule has 0 atom stereocenters. The van der Waals surface area contributed by atoms with Gasteiger partial charge in [-0.1, -0.05) is 18.3 Å². The molecule has 0 spiro atoms. The second-order valence-electron chi connectivity index (χ2n) is 5.79. The molecule has 0 aliphatic rings. The number of hydrogen-bond acceptors (Lipinski definition) is 5. The van der Waals surface area contributed by atoms with Crippen LogP contribution in [0.5, 0.6) is 5.75 Å². The van der Waals surface area contributed by atoms with Gasteiger partial charge in [-0.05, 0) is 48.9 Å². The normalized spacial score (nSPS) is 10.6. The van der Waals surface area contributed by atoms with E-state index in [0.717, 1.165) is 5.56 Å². The van der Waals surface area contributed by atoms with Gasteiger partial charge in [-0.3, -0.25) is 15.5 Å². The second-order valence-corrected chi connectivity index (χ2v) is 6.20. The third-order valence-electron chi connectivity index (χ3n) is 3.95. The minimum absolute atomic E-state index is 0.0487. The zero-order chi connectivity index (χ0) is 19.4. The Morgan fingerprint density at radius 3 is 2.67 bits per heavy atom. The lowest BCUT2D eigenvalue weighted by Gasteiger charge is -2.08. The number of hydroxylamine groups is 1. The summed E-state index contributed by atoms with van der Waals surface area (Å²) in [6, 6.07) is 11.3. The molecule has 8 heteroatoms. The van der Waals surface area contributed by atoms with Crippen molar-refractivity contribution in [2.24, 2.45) is 0 Å². The summed E-state index contributed by atoms with van der Waals surface area (Å²) in [4.78, 5) is 12.4. The van der Waals surface area contributed by atoms with Crippen molar-refractivity contribution in [3.05, 3.63) is 65.2 Å². The molecule has 27 heavy (non-hydrogen) atoms. The number of halogens is 1. The Morgan fingerprint density at radius 1 is 1.26 bits per heavy atom. The van der Waals surface area contributed by atoms with Crippen molar-refractivity contribution < 1.29 is 23.5 Å². The molecule has 0 fully saturated rings. The average Bonchev–Trinajstić information content (AvgIpc) is 3.15. The number of aryl methyl sites for hydroxylation is 1. The van der Waals surface area contributed by atoms with Gasteiger partial charge in [0.15, 0.2) is 17.2 Å². The minimum atomic E-state index is -0.502. The van der Waals surface area contributed by atoms with Crippen LogP contribution < -0.4 is 15.5 Å². The van der Waals surface area contributed by atoms with Gasteiger partial charge in [-0.15, -0.1) is 0 Å². The monoisotopic (exact) mass is 388 g/mol. The van der Waals surface area contributed by atoms with E-state index >= 15 is 0 Å². The summed E-state index contributed by atoms with van der Waals surface area (Å²) in [5, 5.41) is 12.0. The Bertz CT molecular complexity index is 946. The summed E-state index contributed by atoms with van der Waals surface area (Å²) in [7, 11) is 0. The van der Waals surface area contributed by atoms with Crippen LogP contribution in [0.3, 0.4) is 0 Å². The van der Waals surface area contributed by atoms with E-state index in [2.05, 4.69) is 5.32 Å². The number of furan rings is 1. The van der Waals surface area contributed by atoms with Crippen molar-refractivity contribution in [2.45, 2.75) is 6.92 Å². The molecule has 1 amide bonds. The van der Waals surface area contributed by atoms with Gasteiger partial charge in [0.05, 0.1) is 6.54 Å². The number of fused-ring (bicyclic) bond motifs is 1. The van der Waals surface area contributed by atoms with Crippen LogP contribution in [0.1, 0.15) is 21.7 Å². The quantitative estimate of drug-likeness (QED) is 0.341. The fourth-order valence-corrected chi connectivity index (χ4v) is 2.66. The first-order chi connectivity index (χ1) is 13.0. The molecular formula is C19H17FN2O4S.